The normalized spacial score (nSPS) is 11.6. The summed E-state index contributed by atoms with van der Waals surface area (Å²) in [5.41, 5.74) is 2.30. The Morgan fingerprint density at radius 2 is 1.97 bits per heavy atom. The Morgan fingerprint density at radius 1 is 1.21 bits per heavy atom. The Kier molecular flexibility index (Phi) is 5.46. The number of H-pyrrole nitrogens is 1. The van der Waals surface area contributed by atoms with Gasteiger partial charge in [0.1, 0.15) is 5.60 Å². The van der Waals surface area contributed by atoms with Crippen LogP contribution in [0, 0.1) is 11.8 Å². The first-order valence-electron chi connectivity index (χ1n) is 8.78. The van der Waals surface area contributed by atoms with Gasteiger partial charge in [-0.25, -0.2) is 8.42 Å². The van der Waals surface area contributed by atoms with Gasteiger partial charge in [-0.05, 0) is 43.7 Å². The number of aromatic amines is 1. The number of nitrogens with zero attached hydrogens (tertiary/aromatic N) is 1. The molecule has 29 heavy (non-hydrogen) atoms. The molecule has 1 aromatic carbocycles. The van der Waals surface area contributed by atoms with E-state index in [-0.39, 0.29) is 0 Å². The van der Waals surface area contributed by atoms with Crippen LogP contribution < -0.4 is 14.4 Å². The largest absolute Gasteiger partial charge is 0.446 e. The number of methoxy groups -OCH3 is 1. The summed E-state index contributed by atoms with van der Waals surface area (Å²) in [7, 11) is -2.02. The quantitative estimate of drug-likeness (QED) is 0.640. The zero-order valence-corrected chi connectivity index (χ0v) is 17.4. The van der Waals surface area contributed by atoms with Crippen molar-refractivity contribution in [2.45, 2.75) is 19.4 Å². The third kappa shape index (κ3) is 5.22. The fourth-order valence-electron chi connectivity index (χ4n) is 2.75. The van der Waals surface area contributed by atoms with Crippen LogP contribution in [0.5, 0.6) is 5.88 Å². The van der Waals surface area contributed by atoms with Crippen LogP contribution in [0.15, 0.2) is 42.7 Å². The number of ether oxygens (including phenoxy) is 1. The van der Waals surface area contributed by atoms with E-state index in [0.717, 1.165) is 33.8 Å². The van der Waals surface area contributed by atoms with Crippen LogP contribution in [0.2, 0.25) is 0 Å². The second-order valence-electron chi connectivity index (χ2n) is 7.11. The lowest BCUT2D eigenvalue weighted by molar-refractivity contribution is -0.391. The smallest absolute Gasteiger partial charge is 0.390 e. The predicted octanol–water partition coefficient (Wildman–Crippen LogP) is 2.22. The fraction of sp³-hybridized carbons (Fsp3) is 0.238. The Labute approximate surface area is 169 Å². The first-order chi connectivity index (χ1) is 13.6. The summed E-state index contributed by atoms with van der Waals surface area (Å²) in [5.74, 6) is 6.13. The molecular weight excluding hydrogens is 390 g/mol. The van der Waals surface area contributed by atoms with E-state index in [4.69, 9.17) is 4.74 Å². The summed E-state index contributed by atoms with van der Waals surface area (Å²) in [6, 6.07) is 9.17. The van der Waals surface area contributed by atoms with E-state index in [2.05, 4.69) is 26.5 Å². The number of pyridine rings is 2. The Hall–Kier alpha value is -3.15. The van der Waals surface area contributed by atoms with E-state index in [1.165, 1.54) is 7.11 Å². The Morgan fingerprint density at radius 3 is 2.62 bits per heavy atom. The molecule has 2 aromatic heterocycles. The van der Waals surface area contributed by atoms with Gasteiger partial charge >= 0.3 is 5.88 Å². The van der Waals surface area contributed by atoms with Crippen molar-refractivity contribution >= 4 is 26.6 Å². The number of hydrogen-bond acceptors (Lipinski definition) is 5. The summed E-state index contributed by atoms with van der Waals surface area (Å²) < 4.78 is 31.0. The van der Waals surface area contributed by atoms with E-state index < -0.39 is 15.6 Å². The van der Waals surface area contributed by atoms with Crippen molar-refractivity contribution in [1.82, 2.24) is 4.98 Å². The molecule has 0 amide bonds. The van der Waals surface area contributed by atoms with Crippen LogP contribution >= 0.6 is 0 Å². The molecule has 7 nitrogen and oxygen atoms in total. The molecule has 0 atom stereocenters. The number of rotatable bonds is 4. The van der Waals surface area contributed by atoms with E-state index in [0.29, 0.717) is 11.6 Å². The van der Waals surface area contributed by atoms with Gasteiger partial charge in [-0.1, -0.05) is 17.9 Å². The number of sulfonamides is 1. The molecular formula is C21H22N3O4S+. The SMILES string of the molecule is COc1[nH+]cc(-c2ccc3nccc(C#CC(C)(C)O)c3c2)cc1NS(C)(=O)=O. The molecule has 0 saturated heterocycles. The highest BCUT2D eigenvalue weighted by Gasteiger charge is 2.17. The van der Waals surface area contributed by atoms with Crippen LogP contribution in [0.3, 0.4) is 0 Å². The minimum atomic E-state index is -3.47. The first-order valence-corrected chi connectivity index (χ1v) is 10.7. The summed E-state index contributed by atoms with van der Waals surface area (Å²) in [6.45, 7) is 3.25. The zero-order chi connectivity index (χ0) is 21.2. The highest BCUT2D eigenvalue weighted by Crippen LogP contribution is 2.29. The van der Waals surface area contributed by atoms with Crippen LogP contribution in [0.1, 0.15) is 19.4 Å². The highest BCUT2D eigenvalue weighted by molar-refractivity contribution is 7.92. The Bertz CT molecular complexity index is 1240. The molecule has 0 bridgehead atoms. The van der Waals surface area contributed by atoms with Crippen molar-refractivity contribution in [3.05, 3.63) is 48.3 Å². The second-order valence-corrected chi connectivity index (χ2v) is 8.86. The van der Waals surface area contributed by atoms with Gasteiger partial charge in [0, 0.05) is 22.7 Å². The number of aliphatic hydroxyl groups is 1. The molecule has 0 radical (unpaired) electrons. The minimum Gasteiger partial charge on any atom is -0.446 e. The third-order valence-electron chi connectivity index (χ3n) is 3.98. The molecule has 0 spiro atoms. The van der Waals surface area contributed by atoms with Gasteiger partial charge < -0.3 is 9.84 Å². The second kappa shape index (κ2) is 7.70. The lowest BCUT2D eigenvalue weighted by Crippen LogP contribution is -2.16. The minimum absolute atomic E-state index is 0.304. The van der Waals surface area contributed by atoms with Crippen molar-refractivity contribution in [2.75, 3.05) is 18.1 Å². The average Bonchev–Trinajstić information content (AvgIpc) is 2.64. The molecule has 8 heteroatoms. The number of nitrogens with one attached hydrogen (secondary N) is 2. The van der Waals surface area contributed by atoms with Crippen LogP contribution in [-0.2, 0) is 10.0 Å². The molecule has 0 fully saturated rings. The van der Waals surface area contributed by atoms with Gasteiger partial charge in [-0.3, -0.25) is 9.71 Å². The molecule has 3 rings (SSSR count). The maximum atomic E-state index is 11.7. The number of fused-ring (bicyclic) bond motifs is 1. The summed E-state index contributed by atoms with van der Waals surface area (Å²) in [5, 5.41) is 10.7. The van der Waals surface area contributed by atoms with Gasteiger partial charge in [0.15, 0.2) is 11.9 Å². The fourth-order valence-corrected chi connectivity index (χ4v) is 3.30. The lowest BCUT2D eigenvalue weighted by Gasteiger charge is -2.09. The summed E-state index contributed by atoms with van der Waals surface area (Å²) >= 11 is 0. The number of benzene rings is 1. The monoisotopic (exact) mass is 412 g/mol. The predicted molar refractivity (Wildman–Crippen MR) is 112 cm³/mol. The molecule has 0 aliphatic carbocycles. The molecule has 0 aliphatic heterocycles. The van der Waals surface area contributed by atoms with Crippen molar-refractivity contribution in [3.8, 4) is 28.8 Å². The lowest BCUT2D eigenvalue weighted by atomic mass is 10.0. The van der Waals surface area contributed by atoms with E-state index in [9.17, 15) is 13.5 Å². The highest BCUT2D eigenvalue weighted by atomic mass is 32.2. The van der Waals surface area contributed by atoms with Crippen molar-refractivity contribution < 1.29 is 23.2 Å². The Balaban J connectivity index is 2.13. The van der Waals surface area contributed by atoms with Crippen molar-refractivity contribution in [1.29, 1.82) is 0 Å². The average molecular weight is 412 g/mol. The van der Waals surface area contributed by atoms with Gasteiger partial charge in [-0.15, -0.1) is 0 Å². The maximum absolute atomic E-state index is 11.7. The van der Waals surface area contributed by atoms with Gasteiger partial charge in [-0.2, -0.15) is 4.98 Å². The number of anilines is 1. The molecule has 2 heterocycles. The molecule has 3 aromatic rings. The maximum Gasteiger partial charge on any atom is 0.390 e. The molecule has 0 aliphatic rings. The van der Waals surface area contributed by atoms with E-state index in [1.807, 2.05) is 18.2 Å². The molecule has 0 unspecified atom stereocenters. The van der Waals surface area contributed by atoms with Crippen LogP contribution in [0.4, 0.5) is 5.69 Å². The molecule has 150 valence electrons. The van der Waals surface area contributed by atoms with Gasteiger partial charge in [0.05, 0.1) is 18.9 Å². The molecule has 3 N–H and O–H groups in total. The van der Waals surface area contributed by atoms with Crippen molar-refractivity contribution in [2.24, 2.45) is 0 Å². The number of hydrogen-bond donors (Lipinski definition) is 2. The van der Waals surface area contributed by atoms with Crippen molar-refractivity contribution in [3.63, 3.8) is 0 Å². The van der Waals surface area contributed by atoms with E-state index >= 15 is 0 Å². The van der Waals surface area contributed by atoms with Crippen LogP contribution in [0.25, 0.3) is 22.0 Å². The standard InChI is InChI=1S/C21H21N3O4S/c1-21(2,25)9-7-14-8-10-22-18-6-5-15(11-17(14)18)16-12-19(24-29(4,26)27)20(28-3)23-13-16/h5-6,8,10-13,24-25H,1-4H3/p+1. The topological polar surface area (TPSA) is 103 Å². The van der Waals surface area contributed by atoms with Crippen LogP contribution in [-0.4, -0.2) is 37.5 Å². The summed E-state index contributed by atoms with van der Waals surface area (Å²) in [4.78, 5) is 7.32. The number of aromatic nitrogens is 2. The third-order valence-corrected chi connectivity index (χ3v) is 4.57. The van der Waals surface area contributed by atoms with Gasteiger partial charge in [0.25, 0.3) is 0 Å². The first kappa shape index (κ1) is 20.6. The van der Waals surface area contributed by atoms with Gasteiger partial charge in [0.2, 0.25) is 10.0 Å². The van der Waals surface area contributed by atoms with E-state index in [1.54, 1.807) is 38.4 Å². The summed E-state index contributed by atoms with van der Waals surface area (Å²) in [6.07, 6.45) is 4.48. The zero-order valence-electron chi connectivity index (χ0n) is 16.6. The molecule has 0 saturated carbocycles.